The molecule has 168 valence electrons. The number of nitrogens with zero attached hydrogens (tertiary/aromatic N) is 1. The van der Waals surface area contributed by atoms with Gasteiger partial charge in [-0.1, -0.05) is 13.8 Å². The van der Waals surface area contributed by atoms with Gasteiger partial charge < -0.3 is 25.8 Å². The molecule has 0 saturated heterocycles. The molecule has 0 unspecified atom stereocenters. The molecule has 1 aromatic rings. The van der Waals surface area contributed by atoms with Gasteiger partial charge in [0, 0.05) is 5.69 Å². The lowest BCUT2D eigenvalue weighted by atomic mass is 10.0. The Hall–Kier alpha value is -3.61. The number of carboxylic acids is 1. The zero-order valence-electron chi connectivity index (χ0n) is 18.4. The minimum atomic E-state index is -1.26. The van der Waals surface area contributed by atoms with Crippen LogP contribution in [0.4, 0.5) is 10.5 Å². The van der Waals surface area contributed by atoms with Crippen molar-refractivity contribution < 1.29 is 29.0 Å². The quantitative estimate of drug-likeness (QED) is 0.514. The van der Waals surface area contributed by atoms with E-state index in [9.17, 15) is 19.2 Å². The van der Waals surface area contributed by atoms with Gasteiger partial charge >= 0.3 is 12.1 Å². The molecule has 0 heterocycles. The number of rotatable bonds is 7. The van der Waals surface area contributed by atoms with Gasteiger partial charge in [-0.05, 0) is 51.8 Å². The van der Waals surface area contributed by atoms with Gasteiger partial charge in [0.05, 0.1) is 11.1 Å². The van der Waals surface area contributed by atoms with Gasteiger partial charge in [-0.3, -0.25) is 9.59 Å². The fourth-order valence-corrected chi connectivity index (χ4v) is 2.49. The molecule has 4 N–H and O–H groups in total. The number of amides is 3. The van der Waals surface area contributed by atoms with Crippen LogP contribution < -0.4 is 16.0 Å². The Bertz CT molecular complexity index is 898. The van der Waals surface area contributed by atoms with Crippen LogP contribution in [0.15, 0.2) is 18.2 Å². The second kappa shape index (κ2) is 10.4. The Kier molecular flexibility index (Phi) is 8.55. The zero-order chi connectivity index (χ0) is 23.9. The first kappa shape index (κ1) is 25.4. The second-order valence-electron chi connectivity index (χ2n) is 8.26. The van der Waals surface area contributed by atoms with Gasteiger partial charge in [-0.25, -0.2) is 9.59 Å². The predicted octanol–water partition coefficient (Wildman–Crippen LogP) is 2.25. The lowest BCUT2D eigenvalue weighted by Crippen LogP contribution is -2.54. The van der Waals surface area contributed by atoms with Gasteiger partial charge in [-0.2, -0.15) is 5.26 Å². The van der Waals surface area contributed by atoms with Gasteiger partial charge in [0.25, 0.3) is 0 Å². The number of benzene rings is 1. The number of hydrogen-bond acceptors (Lipinski definition) is 6. The molecule has 0 spiro atoms. The molecule has 1 aromatic carbocycles. The summed E-state index contributed by atoms with van der Waals surface area (Å²) in [6, 6.07) is 3.65. The Balaban J connectivity index is 2.82. The molecular formula is C21H28N4O6. The molecule has 0 aliphatic heterocycles. The smallest absolute Gasteiger partial charge is 0.408 e. The largest absolute Gasteiger partial charge is 0.478 e. The maximum atomic E-state index is 12.6. The number of carboxylic acid groups (broad SMARTS) is 1. The summed E-state index contributed by atoms with van der Waals surface area (Å²) >= 11 is 0. The fourth-order valence-electron chi connectivity index (χ4n) is 2.49. The summed E-state index contributed by atoms with van der Waals surface area (Å²) in [5.41, 5.74) is -0.813. The predicted molar refractivity (Wildman–Crippen MR) is 112 cm³/mol. The lowest BCUT2D eigenvalue weighted by molar-refractivity contribution is -0.128. The van der Waals surface area contributed by atoms with E-state index in [0.29, 0.717) is 0 Å². The van der Waals surface area contributed by atoms with Gasteiger partial charge in [0.2, 0.25) is 11.8 Å². The summed E-state index contributed by atoms with van der Waals surface area (Å²) in [6.07, 6.45) is -0.749. The minimum Gasteiger partial charge on any atom is -0.478 e. The number of aromatic carboxylic acids is 1. The molecule has 0 aromatic heterocycles. The topological polar surface area (TPSA) is 158 Å². The van der Waals surface area contributed by atoms with Crippen molar-refractivity contribution in [1.29, 1.82) is 5.26 Å². The summed E-state index contributed by atoms with van der Waals surface area (Å²) in [5, 5.41) is 25.7. The molecule has 2 atom stereocenters. The van der Waals surface area contributed by atoms with Gasteiger partial charge in [-0.15, -0.1) is 0 Å². The Labute approximate surface area is 181 Å². The molecule has 0 aliphatic carbocycles. The molecule has 3 amide bonds. The van der Waals surface area contributed by atoms with Crippen molar-refractivity contribution in [2.24, 2.45) is 5.92 Å². The van der Waals surface area contributed by atoms with Crippen LogP contribution in [-0.2, 0) is 14.3 Å². The Morgan fingerprint density at radius 2 is 1.68 bits per heavy atom. The normalized spacial score (nSPS) is 12.8. The van der Waals surface area contributed by atoms with E-state index in [0.717, 1.165) is 0 Å². The molecule has 0 bridgehead atoms. The van der Waals surface area contributed by atoms with E-state index in [1.54, 1.807) is 40.7 Å². The molecule has 1 rings (SSSR count). The van der Waals surface area contributed by atoms with Crippen molar-refractivity contribution in [3.63, 3.8) is 0 Å². The van der Waals surface area contributed by atoms with Crippen LogP contribution in [0.5, 0.6) is 0 Å². The van der Waals surface area contributed by atoms with Crippen LogP contribution in [0.25, 0.3) is 0 Å². The third kappa shape index (κ3) is 7.97. The monoisotopic (exact) mass is 432 g/mol. The van der Waals surface area contributed by atoms with E-state index in [4.69, 9.17) is 15.1 Å². The fraction of sp³-hybridized carbons (Fsp3) is 0.476. The maximum absolute atomic E-state index is 12.6. The van der Waals surface area contributed by atoms with E-state index in [-0.39, 0.29) is 22.7 Å². The van der Waals surface area contributed by atoms with Gasteiger partial charge in [0.15, 0.2) is 0 Å². The average Bonchev–Trinajstić information content (AvgIpc) is 2.63. The molecule has 0 radical (unpaired) electrons. The third-order valence-electron chi connectivity index (χ3n) is 4.01. The lowest BCUT2D eigenvalue weighted by Gasteiger charge is -2.26. The summed E-state index contributed by atoms with van der Waals surface area (Å²) in [6.45, 7) is 10.0. The summed E-state index contributed by atoms with van der Waals surface area (Å²) in [4.78, 5) is 48.1. The highest BCUT2D eigenvalue weighted by Gasteiger charge is 2.29. The first-order valence-electron chi connectivity index (χ1n) is 9.63. The number of alkyl carbamates (subject to hydrolysis) is 1. The first-order chi connectivity index (χ1) is 14.2. The van der Waals surface area contributed by atoms with Crippen LogP contribution in [0, 0.1) is 17.2 Å². The van der Waals surface area contributed by atoms with E-state index in [1.165, 1.54) is 25.1 Å². The first-order valence-corrected chi connectivity index (χ1v) is 9.63. The standard InChI is InChI=1S/C21H28N4O6/c1-11(2)16(25-20(30)31-21(4,5)6)18(27)23-12(3)17(26)24-14-7-8-15(19(28)29)13(9-14)10-22/h7-9,11-12,16H,1-6H3,(H,23,27)(H,24,26)(H,25,30)(H,28,29)/t12-,16-/m0/s1. The molecular weight excluding hydrogens is 404 g/mol. The summed E-state index contributed by atoms with van der Waals surface area (Å²) < 4.78 is 5.17. The SMILES string of the molecule is CC(C)[C@H](NC(=O)OC(C)(C)C)C(=O)N[C@@H](C)C(=O)Nc1ccc(C(=O)O)c(C#N)c1. The van der Waals surface area contributed by atoms with E-state index >= 15 is 0 Å². The molecule has 10 heteroatoms. The van der Waals surface area contributed by atoms with E-state index in [1.807, 2.05) is 0 Å². The zero-order valence-corrected chi connectivity index (χ0v) is 18.4. The van der Waals surface area contributed by atoms with Gasteiger partial charge in [0.1, 0.15) is 23.8 Å². The number of carbonyl (C=O) groups excluding carboxylic acids is 3. The van der Waals surface area contributed by atoms with Crippen LogP contribution >= 0.6 is 0 Å². The number of nitriles is 1. The van der Waals surface area contributed by atoms with Crippen LogP contribution in [-0.4, -0.2) is 46.7 Å². The van der Waals surface area contributed by atoms with Crippen molar-refractivity contribution in [1.82, 2.24) is 10.6 Å². The second-order valence-corrected chi connectivity index (χ2v) is 8.26. The molecule has 0 aliphatic rings. The van der Waals surface area contributed by atoms with Crippen LogP contribution in [0.2, 0.25) is 0 Å². The average molecular weight is 432 g/mol. The summed E-state index contributed by atoms with van der Waals surface area (Å²) in [7, 11) is 0. The number of hydrogen-bond donors (Lipinski definition) is 4. The van der Waals surface area contributed by atoms with E-state index in [2.05, 4.69) is 16.0 Å². The van der Waals surface area contributed by atoms with Crippen molar-refractivity contribution >= 4 is 29.6 Å². The molecule has 0 fully saturated rings. The highest BCUT2D eigenvalue weighted by molar-refractivity contribution is 5.99. The molecule has 0 saturated carbocycles. The minimum absolute atomic E-state index is 0.108. The number of carbonyl (C=O) groups is 4. The van der Waals surface area contributed by atoms with Crippen LogP contribution in [0.1, 0.15) is 57.5 Å². The van der Waals surface area contributed by atoms with Crippen LogP contribution in [0.3, 0.4) is 0 Å². The van der Waals surface area contributed by atoms with Crippen molar-refractivity contribution in [2.75, 3.05) is 5.32 Å². The Morgan fingerprint density at radius 3 is 2.16 bits per heavy atom. The highest BCUT2D eigenvalue weighted by Crippen LogP contribution is 2.16. The van der Waals surface area contributed by atoms with E-state index < -0.39 is 41.6 Å². The number of nitrogens with one attached hydrogen (secondary N) is 3. The van der Waals surface area contributed by atoms with Crippen molar-refractivity contribution in [3.8, 4) is 6.07 Å². The number of ether oxygens (including phenoxy) is 1. The summed E-state index contributed by atoms with van der Waals surface area (Å²) in [5.74, 6) is -2.68. The molecule has 10 nitrogen and oxygen atoms in total. The van der Waals surface area contributed by atoms with Crippen molar-refractivity contribution in [3.05, 3.63) is 29.3 Å². The number of anilines is 1. The third-order valence-corrected chi connectivity index (χ3v) is 4.01. The maximum Gasteiger partial charge on any atom is 0.408 e. The molecule has 31 heavy (non-hydrogen) atoms. The Morgan fingerprint density at radius 1 is 1.06 bits per heavy atom. The van der Waals surface area contributed by atoms with Crippen molar-refractivity contribution in [2.45, 2.75) is 59.2 Å². The highest BCUT2D eigenvalue weighted by atomic mass is 16.6.